The van der Waals surface area contributed by atoms with E-state index in [1.807, 2.05) is 26.1 Å². The molecule has 1 aliphatic heterocycles. The minimum absolute atomic E-state index is 0.0137. The quantitative estimate of drug-likeness (QED) is 0.364. The van der Waals surface area contributed by atoms with Gasteiger partial charge in [-0.1, -0.05) is 11.6 Å². The second-order valence-electron chi connectivity index (χ2n) is 10.5. The third-order valence-corrected chi connectivity index (χ3v) is 8.08. The fourth-order valence-corrected chi connectivity index (χ4v) is 6.24. The molecule has 2 aliphatic carbocycles. The summed E-state index contributed by atoms with van der Waals surface area (Å²) in [5, 5.41) is 1.36. The summed E-state index contributed by atoms with van der Waals surface area (Å²) in [4.78, 5) is 13.3. The number of aromatic nitrogens is 5. The predicted octanol–water partition coefficient (Wildman–Crippen LogP) is 5.32. The van der Waals surface area contributed by atoms with E-state index in [1.165, 1.54) is 30.4 Å². The van der Waals surface area contributed by atoms with E-state index >= 15 is 0 Å². The molecule has 2 saturated carbocycles. The van der Waals surface area contributed by atoms with E-state index in [9.17, 15) is 0 Å². The summed E-state index contributed by atoms with van der Waals surface area (Å²) >= 11 is 6.32. The molecule has 4 atom stereocenters. The zero-order valence-electron chi connectivity index (χ0n) is 19.4. The lowest BCUT2D eigenvalue weighted by Gasteiger charge is -2.24. The lowest BCUT2D eigenvalue weighted by atomic mass is 9.96. The molecule has 8 heteroatoms. The van der Waals surface area contributed by atoms with Gasteiger partial charge in [0.15, 0.2) is 5.79 Å². The first-order valence-electron chi connectivity index (χ1n) is 12.3. The summed E-state index contributed by atoms with van der Waals surface area (Å²) in [5.74, 6) is 0.501. The van der Waals surface area contributed by atoms with Gasteiger partial charge in [-0.25, -0.2) is 15.0 Å². The Labute approximate surface area is 203 Å². The van der Waals surface area contributed by atoms with Gasteiger partial charge in [-0.05, 0) is 75.6 Å². The van der Waals surface area contributed by atoms with Crippen molar-refractivity contribution in [2.75, 3.05) is 0 Å². The molecule has 7 rings (SSSR count). The van der Waals surface area contributed by atoms with Crippen LogP contribution in [0.1, 0.15) is 62.7 Å². The first-order chi connectivity index (χ1) is 16.5. The maximum Gasteiger partial charge on any atom is 0.163 e. The molecule has 0 bridgehead atoms. The predicted molar refractivity (Wildman–Crippen MR) is 129 cm³/mol. The fourth-order valence-electron chi connectivity index (χ4n) is 6.05. The lowest BCUT2D eigenvalue weighted by Crippen LogP contribution is -2.27. The van der Waals surface area contributed by atoms with Crippen molar-refractivity contribution in [3.63, 3.8) is 0 Å². The van der Waals surface area contributed by atoms with Crippen LogP contribution in [0.4, 0.5) is 0 Å². The van der Waals surface area contributed by atoms with Crippen LogP contribution in [-0.2, 0) is 15.9 Å². The summed E-state index contributed by atoms with van der Waals surface area (Å²) in [5.41, 5.74) is 4.58. The van der Waals surface area contributed by atoms with Gasteiger partial charge in [-0.15, -0.1) is 0 Å². The van der Waals surface area contributed by atoms with Gasteiger partial charge in [0.25, 0.3) is 0 Å². The SMILES string of the molecule is CC1(C)O[C@@H]2[C@@H](CCc3ccn4c(C5CC5)cnc4c3)C[C@@H](n3ccc4c(Cl)ncnc43)[C@@H]2O1. The third-order valence-electron chi connectivity index (χ3n) is 7.78. The van der Waals surface area contributed by atoms with E-state index in [4.69, 9.17) is 21.1 Å². The van der Waals surface area contributed by atoms with Crippen LogP contribution in [0.15, 0.2) is 43.1 Å². The van der Waals surface area contributed by atoms with Gasteiger partial charge in [0.05, 0.1) is 17.5 Å². The topological polar surface area (TPSA) is 66.5 Å². The number of fused-ring (bicyclic) bond motifs is 3. The zero-order valence-corrected chi connectivity index (χ0v) is 20.2. The van der Waals surface area contributed by atoms with E-state index in [2.05, 4.69) is 48.4 Å². The Morgan fingerprint density at radius 1 is 1.09 bits per heavy atom. The summed E-state index contributed by atoms with van der Waals surface area (Å²) in [6.45, 7) is 4.02. The summed E-state index contributed by atoms with van der Waals surface area (Å²) in [6.07, 6.45) is 13.5. The number of hydrogen-bond donors (Lipinski definition) is 0. The van der Waals surface area contributed by atoms with Crippen molar-refractivity contribution in [1.29, 1.82) is 0 Å². The highest BCUT2D eigenvalue weighted by atomic mass is 35.5. The summed E-state index contributed by atoms with van der Waals surface area (Å²) in [6, 6.07) is 6.63. The number of rotatable bonds is 5. The number of hydrogen-bond acceptors (Lipinski definition) is 5. The average molecular weight is 478 g/mol. The number of aryl methyl sites for hydroxylation is 1. The molecule has 4 aromatic rings. The van der Waals surface area contributed by atoms with Crippen LogP contribution in [0.5, 0.6) is 0 Å². The van der Waals surface area contributed by atoms with Crippen molar-refractivity contribution in [2.24, 2.45) is 5.92 Å². The molecule has 0 aromatic carbocycles. The Bertz CT molecular complexity index is 1390. The lowest BCUT2D eigenvalue weighted by molar-refractivity contribution is -0.160. The van der Waals surface area contributed by atoms with E-state index in [-0.39, 0.29) is 18.2 Å². The molecule has 0 unspecified atom stereocenters. The van der Waals surface area contributed by atoms with Gasteiger partial charge in [-0.3, -0.25) is 0 Å². The molecule has 5 heterocycles. The highest BCUT2D eigenvalue weighted by molar-refractivity contribution is 6.33. The van der Waals surface area contributed by atoms with Gasteiger partial charge >= 0.3 is 0 Å². The van der Waals surface area contributed by atoms with Crippen molar-refractivity contribution < 1.29 is 9.47 Å². The smallest absolute Gasteiger partial charge is 0.163 e. The van der Waals surface area contributed by atoms with Crippen LogP contribution < -0.4 is 0 Å². The Morgan fingerprint density at radius 2 is 1.94 bits per heavy atom. The monoisotopic (exact) mass is 477 g/mol. The molecule has 4 aromatic heterocycles. The summed E-state index contributed by atoms with van der Waals surface area (Å²) < 4.78 is 17.3. The number of halogens is 1. The maximum absolute atomic E-state index is 6.43. The maximum atomic E-state index is 6.43. The zero-order chi connectivity index (χ0) is 23.0. The van der Waals surface area contributed by atoms with Crippen LogP contribution >= 0.6 is 11.6 Å². The van der Waals surface area contributed by atoms with E-state index in [0.717, 1.165) is 35.9 Å². The molecular formula is C26H28ClN5O2. The molecule has 0 N–H and O–H groups in total. The van der Waals surface area contributed by atoms with Crippen LogP contribution in [0.25, 0.3) is 16.7 Å². The number of pyridine rings is 1. The van der Waals surface area contributed by atoms with Crippen LogP contribution in [0, 0.1) is 5.92 Å². The Balaban J connectivity index is 1.14. The van der Waals surface area contributed by atoms with Gasteiger partial charge < -0.3 is 18.4 Å². The highest BCUT2D eigenvalue weighted by Gasteiger charge is 2.54. The first-order valence-corrected chi connectivity index (χ1v) is 12.6. The van der Waals surface area contributed by atoms with Crippen molar-refractivity contribution >= 4 is 28.3 Å². The Kier molecular flexibility index (Phi) is 4.61. The minimum atomic E-state index is -0.587. The molecule has 0 spiro atoms. The van der Waals surface area contributed by atoms with Gasteiger partial charge in [0.2, 0.25) is 0 Å². The molecule has 34 heavy (non-hydrogen) atoms. The average Bonchev–Trinajstić information content (AvgIpc) is 3.13. The van der Waals surface area contributed by atoms with E-state index < -0.39 is 5.79 Å². The van der Waals surface area contributed by atoms with Crippen molar-refractivity contribution in [2.45, 2.75) is 75.9 Å². The second kappa shape index (κ2) is 7.51. The molecular weight excluding hydrogens is 450 g/mol. The number of ether oxygens (including phenoxy) is 2. The van der Waals surface area contributed by atoms with Gasteiger partial charge in [0.1, 0.15) is 28.9 Å². The fraction of sp³-hybridized carbons (Fsp3) is 0.500. The number of nitrogens with zero attached hydrogens (tertiary/aromatic N) is 5. The highest BCUT2D eigenvalue weighted by Crippen LogP contribution is 2.49. The molecule has 3 fully saturated rings. The molecule has 7 nitrogen and oxygen atoms in total. The molecule has 176 valence electrons. The Hall–Kier alpha value is -2.48. The Morgan fingerprint density at radius 3 is 2.79 bits per heavy atom. The summed E-state index contributed by atoms with van der Waals surface area (Å²) in [7, 11) is 0. The molecule has 1 saturated heterocycles. The number of imidazole rings is 1. The van der Waals surface area contributed by atoms with E-state index in [1.54, 1.807) is 0 Å². The van der Waals surface area contributed by atoms with Crippen LogP contribution in [0.3, 0.4) is 0 Å². The van der Waals surface area contributed by atoms with Crippen molar-refractivity contribution in [3.8, 4) is 0 Å². The van der Waals surface area contributed by atoms with Gasteiger partial charge in [0, 0.05) is 30.2 Å². The second-order valence-corrected chi connectivity index (χ2v) is 10.9. The first kappa shape index (κ1) is 20.9. The standard InChI is InChI=1S/C26H28ClN5O2/c1-26(2)33-22-17(4-3-15-7-9-31-20(16-5-6-16)13-28-21(31)11-15)12-19(23(22)34-26)32-10-8-18-24(27)29-14-30-25(18)32/h7-11,13-14,16-17,19,22-23H,3-6,12H2,1-2H3/t17-,19+,22+,23-/m0/s1. The van der Waals surface area contributed by atoms with Crippen molar-refractivity contribution in [1.82, 2.24) is 23.9 Å². The largest absolute Gasteiger partial charge is 0.344 e. The van der Waals surface area contributed by atoms with Crippen molar-refractivity contribution in [3.05, 3.63) is 59.5 Å². The molecule has 3 aliphatic rings. The van der Waals surface area contributed by atoms with Crippen LogP contribution in [0.2, 0.25) is 5.15 Å². The molecule has 0 amide bonds. The normalized spacial score (nSPS) is 28.2. The third kappa shape index (κ3) is 3.36. The van der Waals surface area contributed by atoms with Gasteiger partial charge in [-0.2, -0.15) is 0 Å². The molecule has 0 radical (unpaired) electrons. The minimum Gasteiger partial charge on any atom is -0.344 e. The van der Waals surface area contributed by atoms with E-state index in [0.29, 0.717) is 17.0 Å². The van der Waals surface area contributed by atoms with Crippen LogP contribution in [-0.4, -0.2) is 41.9 Å².